The van der Waals surface area contributed by atoms with Crippen molar-refractivity contribution in [3.05, 3.63) is 95.4 Å². The first-order valence-corrected chi connectivity index (χ1v) is 12.2. The van der Waals surface area contributed by atoms with E-state index in [-0.39, 0.29) is 10.3 Å². The molecule has 1 heterocycles. The summed E-state index contributed by atoms with van der Waals surface area (Å²) < 4.78 is 33.9. The number of aromatic nitrogens is 2. The number of hydrogen-bond donors (Lipinski definition) is 1. The molecule has 0 aliphatic heterocycles. The first kappa shape index (κ1) is 22.7. The van der Waals surface area contributed by atoms with Gasteiger partial charge in [0.05, 0.1) is 11.3 Å². The highest BCUT2D eigenvalue weighted by atomic mass is 32.2. The zero-order valence-electron chi connectivity index (χ0n) is 19.2. The first-order chi connectivity index (χ1) is 15.6. The Balaban J connectivity index is 1.45. The van der Waals surface area contributed by atoms with Crippen LogP contribution < -0.4 is 4.72 Å². The molecule has 4 aromatic rings. The smallest absolute Gasteiger partial charge is 0.261 e. The van der Waals surface area contributed by atoms with Crippen LogP contribution in [0.2, 0.25) is 0 Å². The molecule has 3 aromatic carbocycles. The third kappa shape index (κ3) is 5.49. The molecule has 0 unspecified atom stereocenters. The standard InChI is InChI=1S/C26H27N3O3S/c1-18-5-7-19(8-6-18)17-24-27-28-25(32-24)20-9-13-22(14-10-20)29-33(30,31)23-15-11-21(12-16-23)26(2,3)4/h5-16,29H,17H2,1-4H3. The van der Waals surface area contributed by atoms with Gasteiger partial charge in [-0.15, -0.1) is 10.2 Å². The summed E-state index contributed by atoms with van der Waals surface area (Å²) in [5.41, 5.74) is 4.50. The van der Waals surface area contributed by atoms with E-state index in [9.17, 15) is 8.42 Å². The van der Waals surface area contributed by atoms with Crippen LogP contribution in [0.25, 0.3) is 11.5 Å². The van der Waals surface area contributed by atoms with Gasteiger partial charge in [-0.3, -0.25) is 4.72 Å². The molecule has 0 atom stereocenters. The van der Waals surface area contributed by atoms with Crippen molar-refractivity contribution >= 4 is 15.7 Å². The van der Waals surface area contributed by atoms with Gasteiger partial charge in [0.2, 0.25) is 11.8 Å². The van der Waals surface area contributed by atoms with Crippen molar-refractivity contribution in [2.24, 2.45) is 0 Å². The fraction of sp³-hybridized carbons (Fsp3) is 0.231. The van der Waals surface area contributed by atoms with Crippen LogP contribution in [0.4, 0.5) is 5.69 Å². The zero-order chi connectivity index (χ0) is 23.6. The maximum atomic E-state index is 12.8. The number of nitrogens with one attached hydrogen (secondary N) is 1. The molecule has 0 saturated carbocycles. The Morgan fingerprint density at radius 1 is 0.848 bits per heavy atom. The van der Waals surface area contributed by atoms with Crippen LogP contribution in [0.3, 0.4) is 0 Å². The van der Waals surface area contributed by atoms with Gasteiger partial charge < -0.3 is 4.42 Å². The van der Waals surface area contributed by atoms with Gasteiger partial charge in [-0.05, 0) is 59.9 Å². The molecule has 1 aromatic heterocycles. The van der Waals surface area contributed by atoms with Gasteiger partial charge in [0.25, 0.3) is 10.0 Å². The first-order valence-electron chi connectivity index (χ1n) is 10.7. The third-order valence-corrected chi connectivity index (χ3v) is 6.75. The van der Waals surface area contributed by atoms with E-state index >= 15 is 0 Å². The SMILES string of the molecule is Cc1ccc(Cc2nnc(-c3ccc(NS(=O)(=O)c4ccc(C(C)(C)C)cc4)cc3)o2)cc1. The average Bonchev–Trinajstić information content (AvgIpc) is 3.24. The van der Waals surface area contributed by atoms with E-state index in [1.807, 2.05) is 43.3 Å². The lowest BCUT2D eigenvalue weighted by Crippen LogP contribution is -2.14. The van der Waals surface area contributed by atoms with Gasteiger partial charge >= 0.3 is 0 Å². The molecular formula is C26H27N3O3S. The summed E-state index contributed by atoms with van der Waals surface area (Å²) in [5, 5.41) is 8.25. The highest BCUT2D eigenvalue weighted by Crippen LogP contribution is 2.25. The molecule has 0 amide bonds. The molecule has 0 aliphatic rings. The molecule has 0 aliphatic carbocycles. The molecule has 6 nitrogen and oxygen atoms in total. The maximum absolute atomic E-state index is 12.8. The van der Waals surface area contributed by atoms with Crippen molar-refractivity contribution in [1.82, 2.24) is 10.2 Å². The molecule has 0 saturated heterocycles. The summed E-state index contributed by atoms with van der Waals surface area (Å²) in [6.45, 7) is 8.31. The minimum Gasteiger partial charge on any atom is -0.420 e. The zero-order valence-corrected chi connectivity index (χ0v) is 20.0. The minimum atomic E-state index is -3.69. The monoisotopic (exact) mass is 461 g/mol. The van der Waals surface area contributed by atoms with E-state index in [1.54, 1.807) is 36.4 Å². The molecule has 170 valence electrons. The van der Waals surface area contributed by atoms with Crippen LogP contribution in [0, 0.1) is 6.92 Å². The second-order valence-electron chi connectivity index (χ2n) is 9.12. The van der Waals surface area contributed by atoms with E-state index in [0.29, 0.717) is 23.9 Å². The number of benzene rings is 3. The van der Waals surface area contributed by atoms with E-state index in [1.165, 1.54) is 5.56 Å². The summed E-state index contributed by atoms with van der Waals surface area (Å²) >= 11 is 0. The quantitative estimate of drug-likeness (QED) is 0.396. The Morgan fingerprint density at radius 3 is 2.09 bits per heavy atom. The predicted octanol–water partition coefficient (Wildman–Crippen LogP) is 5.73. The van der Waals surface area contributed by atoms with Gasteiger partial charge in [-0.25, -0.2) is 8.42 Å². The number of rotatable bonds is 6. The second-order valence-corrected chi connectivity index (χ2v) is 10.8. The van der Waals surface area contributed by atoms with E-state index < -0.39 is 10.0 Å². The lowest BCUT2D eigenvalue weighted by Gasteiger charge is -2.19. The van der Waals surface area contributed by atoms with Crippen LogP contribution in [-0.2, 0) is 21.9 Å². The van der Waals surface area contributed by atoms with Crippen LogP contribution in [0.15, 0.2) is 82.1 Å². The van der Waals surface area contributed by atoms with Crippen molar-refractivity contribution in [3.63, 3.8) is 0 Å². The molecule has 0 fully saturated rings. The highest BCUT2D eigenvalue weighted by Gasteiger charge is 2.18. The molecule has 0 bridgehead atoms. The van der Waals surface area contributed by atoms with Crippen molar-refractivity contribution in [3.8, 4) is 11.5 Å². The van der Waals surface area contributed by atoms with E-state index in [0.717, 1.165) is 16.7 Å². The average molecular weight is 462 g/mol. The summed E-state index contributed by atoms with van der Waals surface area (Å²) in [5.74, 6) is 0.918. The normalized spacial score (nSPS) is 12.0. The summed E-state index contributed by atoms with van der Waals surface area (Å²) in [6.07, 6.45) is 0.555. The predicted molar refractivity (Wildman–Crippen MR) is 130 cm³/mol. The van der Waals surface area contributed by atoms with E-state index in [4.69, 9.17) is 4.42 Å². The molecule has 1 N–H and O–H groups in total. The number of nitrogens with zero attached hydrogens (tertiary/aromatic N) is 2. The molecule has 33 heavy (non-hydrogen) atoms. The van der Waals surface area contributed by atoms with Gasteiger partial charge in [-0.2, -0.15) is 0 Å². The van der Waals surface area contributed by atoms with E-state index in [2.05, 4.69) is 35.7 Å². The molecule has 0 spiro atoms. The second kappa shape index (κ2) is 8.83. The molecule has 4 rings (SSSR count). The maximum Gasteiger partial charge on any atom is 0.261 e. The Morgan fingerprint density at radius 2 is 1.48 bits per heavy atom. The van der Waals surface area contributed by atoms with Crippen LogP contribution in [0.5, 0.6) is 0 Å². The number of anilines is 1. The number of sulfonamides is 1. The van der Waals surface area contributed by atoms with Gasteiger partial charge in [0.1, 0.15) is 0 Å². The Labute approximate surface area is 194 Å². The Bertz CT molecular complexity index is 1330. The van der Waals surface area contributed by atoms with Crippen LogP contribution in [-0.4, -0.2) is 18.6 Å². The Kier molecular flexibility index (Phi) is 6.08. The minimum absolute atomic E-state index is 0.0414. The lowest BCUT2D eigenvalue weighted by molar-refractivity contribution is 0.518. The fourth-order valence-electron chi connectivity index (χ4n) is 3.35. The largest absolute Gasteiger partial charge is 0.420 e. The molecule has 7 heteroatoms. The molecular weight excluding hydrogens is 434 g/mol. The highest BCUT2D eigenvalue weighted by molar-refractivity contribution is 7.92. The number of aryl methyl sites for hydroxylation is 1. The van der Waals surface area contributed by atoms with Crippen molar-refractivity contribution < 1.29 is 12.8 Å². The summed E-state index contributed by atoms with van der Waals surface area (Å²) in [4.78, 5) is 0.220. The van der Waals surface area contributed by atoms with Crippen LogP contribution >= 0.6 is 0 Å². The van der Waals surface area contributed by atoms with Crippen molar-refractivity contribution in [1.29, 1.82) is 0 Å². The van der Waals surface area contributed by atoms with Gasteiger partial charge in [0, 0.05) is 11.3 Å². The summed E-state index contributed by atoms with van der Waals surface area (Å²) in [7, 11) is -3.69. The Hall–Kier alpha value is -3.45. The topological polar surface area (TPSA) is 85.1 Å². The lowest BCUT2D eigenvalue weighted by atomic mass is 9.87. The van der Waals surface area contributed by atoms with Crippen molar-refractivity contribution in [2.75, 3.05) is 4.72 Å². The third-order valence-electron chi connectivity index (χ3n) is 5.36. The van der Waals surface area contributed by atoms with Crippen molar-refractivity contribution in [2.45, 2.75) is 44.4 Å². The number of hydrogen-bond acceptors (Lipinski definition) is 5. The summed E-state index contributed by atoms with van der Waals surface area (Å²) in [6, 6.07) is 22.0. The van der Waals surface area contributed by atoms with Gasteiger partial charge in [0.15, 0.2) is 0 Å². The van der Waals surface area contributed by atoms with Gasteiger partial charge in [-0.1, -0.05) is 62.7 Å². The molecule has 0 radical (unpaired) electrons. The fourth-order valence-corrected chi connectivity index (χ4v) is 4.41. The van der Waals surface area contributed by atoms with Crippen LogP contribution in [0.1, 0.15) is 43.4 Å².